The van der Waals surface area contributed by atoms with Crippen molar-refractivity contribution < 1.29 is 12.8 Å². The number of aromatic amines is 1. The van der Waals surface area contributed by atoms with Crippen LogP contribution < -0.4 is 10.0 Å². The minimum Gasteiger partial charge on any atom is -0.363 e. The van der Waals surface area contributed by atoms with Crippen LogP contribution in [-0.4, -0.2) is 20.4 Å². The number of hydrogen-bond acceptors (Lipinski definition) is 3. The van der Waals surface area contributed by atoms with E-state index in [2.05, 4.69) is 15.0 Å². The lowest BCUT2D eigenvalue weighted by Crippen LogP contribution is -2.13. The molecule has 108 valence electrons. The largest absolute Gasteiger partial charge is 0.363 e. The van der Waals surface area contributed by atoms with Gasteiger partial charge in [0.15, 0.2) is 0 Å². The second-order valence-electron chi connectivity index (χ2n) is 4.12. The van der Waals surface area contributed by atoms with Crippen molar-refractivity contribution in [3.05, 3.63) is 45.5 Å². The molecule has 1 aromatic carbocycles. The maximum Gasteiger partial charge on any atom is 0.263 e. The second-order valence-corrected chi connectivity index (χ2v) is 6.97. The van der Waals surface area contributed by atoms with Gasteiger partial charge < -0.3 is 10.3 Å². The topological polar surface area (TPSA) is 74.0 Å². The Morgan fingerprint density at radius 1 is 1.35 bits per heavy atom. The SMILES string of the molecule is CNCc1cc(S(=O)(=O)Nc2ccc(F)cc2I)c[nH]1. The molecule has 0 fully saturated rings. The number of rotatable bonds is 5. The summed E-state index contributed by atoms with van der Waals surface area (Å²) in [5, 5.41) is 2.92. The summed E-state index contributed by atoms with van der Waals surface area (Å²) in [5.74, 6) is -0.407. The van der Waals surface area contributed by atoms with Gasteiger partial charge in [-0.05, 0) is 53.9 Å². The molecule has 1 heterocycles. The number of hydrogen-bond donors (Lipinski definition) is 3. The van der Waals surface area contributed by atoms with Crippen molar-refractivity contribution in [2.45, 2.75) is 11.4 Å². The summed E-state index contributed by atoms with van der Waals surface area (Å²) in [6.07, 6.45) is 1.42. The molecule has 0 aliphatic rings. The first-order valence-corrected chi connectivity index (χ1v) is 8.28. The van der Waals surface area contributed by atoms with E-state index in [-0.39, 0.29) is 4.90 Å². The van der Waals surface area contributed by atoms with Gasteiger partial charge in [-0.2, -0.15) is 0 Å². The van der Waals surface area contributed by atoms with Gasteiger partial charge in [-0.3, -0.25) is 4.72 Å². The van der Waals surface area contributed by atoms with Gasteiger partial charge in [0.25, 0.3) is 10.0 Å². The van der Waals surface area contributed by atoms with Crippen LogP contribution in [0.25, 0.3) is 0 Å². The van der Waals surface area contributed by atoms with Crippen LogP contribution in [0.4, 0.5) is 10.1 Å². The van der Waals surface area contributed by atoms with Gasteiger partial charge in [0.2, 0.25) is 0 Å². The molecule has 5 nitrogen and oxygen atoms in total. The normalized spacial score (nSPS) is 11.6. The predicted molar refractivity (Wildman–Crippen MR) is 83.5 cm³/mol. The number of H-pyrrole nitrogens is 1. The van der Waals surface area contributed by atoms with E-state index in [0.717, 1.165) is 5.69 Å². The highest BCUT2D eigenvalue weighted by Gasteiger charge is 2.17. The molecule has 8 heteroatoms. The quantitative estimate of drug-likeness (QED) is 0.664. The first-order chi connectivity index (χ1) is 9.42. The zero-order valence-electron chi connectivity index (χ0n) is 10.6. The van der Waals surface area contributed by atoms with Crippen LogP contribution in [-0.2, 0) is 16.6 Å². The third-order valence-electron chi connectivity index (χ3n) is 2.57. The number of aromatic nitrogens is 1. The van der Waals surface area contributed by atoms with Gasteiger partial charge in [0, 0.05) is 22.0 Å². The molecule has 0 radical (unpaired) electrons. The van der Waals surface area contributed by atoms with Crippen molar-refractivity contribution in [1.29, 1.82) is 0 Å². The van der Waals surface area contributed by atoms with Crippen molar-refractivity contribution in [2.75, 3.05) is 11.8 Å². The minimum atomic E-state index is -3.68. The Balaban J connectivity index is 2.26. The molecular formula is C12H13FIN3O2S. The van der Waals surface area contributed by atoms with E-state index >= 15 is 0 Å². The summed E-state index contributed by atoms with van der Waals surface area (Å²) < 4.78 is 40.4. The highest BCUT2D eigenvalue weighted by Crippen LogP contribution is 2.22. The zero-order valence-corrected chi connectivity index (χ0v) is 13.5. The molecule has 2 rings (SSSR count). The second kappa shape index (κ2) is 6.10. The van der Waals surface area contributed by atoms with E-state index in [1.54, 1.807) is 13.1 Å². The minimum absolute atomic E-state index is 0.142. The fourth-order valence-corrected chi connectivity index (χ4v) is 3.53. The molecule has 0 spiro atoms. The van der Waals surface area contributed by atoms with Crippen LogP contribution in [0.15, 0.2) is 35.4 Å². The lowest BCUT2D eigenvalue weighted by molar-refractivity contribution is 0.601. The Bertz CT molecular complexity index is 715. The fourth-order valence-electron chi connectivity index (χ4n) is 1.64. The van der Waals surface area contributed by atoms with Crippen LogP contribution in [0.5, 0.6) is 0 Å². The van der Waals surface area contributed by atoms with E-state index < -0.39 is 15.8 Å². The van der Waals surface area contributed by atoms with Crippen LogP contribution in [0, 0.1) is 9.39 Å². The van der Waals surface area contributed by atoms with Crippen molar-refractivity contribution in [3.63, 3.8) is 0 Å². The van der Waals surface area contributed by atoms with E-state index in [1.807, 2.05) is 22.6 Å². The van der Waals surface area contributed by atoms with Crippen molar-refractivity contribution in [2.24, 2.45) is 0 Å². The Kier molecular flexibility index (Phi) is 4.66. The first-order valence-electron chi connectivity index (χ1n) is 5.72. The molecule has 0 atom stereocenters. The van der Waals surface area contributed by atoms with Gasteiger partial charge in [-0.15, -0.1) is 0 Å². The lowest BCUT2D eigenvalue weighted by atomic mass is 10.3. The van der Waals surface area contributed by atoms with Crippen LogP contribution in [0.1, 0.15) is 5.69 Å². The maximum atomic E-state index is 13.0. The van der Waals surface area contributed by atoms with E-state index in [1.165, 1.54) is 24.4 Å². The Morgan fingerprint density at radius 2 is 2.10 bits per heavy atom. The summed E-state index contributed by atoms with van der Waals surface area (Å²) in [5.41, 5.74) is 1.12. The average molecular weight is 409 g/mol. The third kappa shape index (κ3) is 3.49. The maximum absolute atomic E-state index is 13.0. The number of anilines is 1. The molecule has 0 unspecified atom stereocenters. The number of nitrogens with one attached hydrogen (secondary N) is 3. The predicted octanol–water partition coefficient (Wildman–Crippen LogP) is 2.28. The van der Waals surface area contributed by atoms with Crippen molar-refractivity contribution >= 4 is 38.3 Å². The van der Waals surface area contributed by atoms with Gasteiger partial charge in [-0.1, -0.05) is 0 Å². The zero-order chi connectivity index (χ0) is 14.8. The molecule has 20 heavy (non-hydrogen) atoms. The van der Waals surface area contributed by atoms with Crippen LogP contribution in [0.3, 0.4) is 0 Å². The van der Waals surface area contributed by atoms with Gasteiger partial charge in [0.1, 0.15) is 10.7 Å². The van der Waals surface area contributed by atoms with E-state index in [0.29, 0.717) is 15.8 Å². The molecular weight excluding hydrogens is 396 g/mol. The number of halogens is 2. The van der Waals surface area contributed by atoms with Crippen LogP contribution >= 0.6 is 22.6 Å². The standard InChI is InChI=1S/C12H13FIN3O2S/c1-15-6-9-5-10(7-16-9)20(18,19)17-12-3-2-8(13)4-11(12)14/h2-5,7,15-17H,6H2,1H3. The third-order valence-corrected chi connectivity index (χ3v) is 4.81. The first kappa shape index (κ1) is 15.3. The summed E-state index contributed by atoms with van der Waals surface area (Å²) in [6.45, 7) is 0.545. The van der Waals surface area contributed by atoms with Gasteiger partial charge in [-0.25, -0.2) is 12.8 Å². The molecule has 0 saturated carbocycles. The summed E-state index contributed by atoms with van der Waals surface area (Å²) in [6, 6.07) is 5.43. The number of sulfonamides is 1. The molecule has 0 amide bonds. The van der Waals surface area contributed by atoms with Crippen molar-refractivity contribution in [1.82, 2.24) is 10.3 Å². The van der Waals surface area contributed by atoms with E-state index in [4.69, 9.17) is 0 Å². The highest BCUT2D eigenvalue weighted by molar-refractivity contribution is 14.1. The monoisotopic (exact) mass is 409 g/mol. The Morgan fingerprint density at radius 3 is 2.75 bits per heavy atom. The highest BCUT2D eigenvalue weighted by atomic mass is 127. The molecule has 1 aromatic heterocycles. The number of benzene rings is 1. The summed E-state index contributed by atoms with van der Waals surface area (Å²) in [7, 11) is -1.91. The molecule has 0 bridgehead atoms. The average Bonchev–Trinajstić information content (AvgIpc) is 2.83. The van der Waals surface area contributed by atoms with Crippen LogP contribution in [0.2, 0.25) is 0 Å². The molecule has 0 aliphatic heterocycles. The summed E-state index contributed by atoms with van der Waals surface area (Å²) >= 11 is 1.88. The van der Waals surface area contributed by atoms with Crippen molar-refractivity contribution in [3.8, 4) is 0 Å². The van der Waals surface area contributed by atoms with Gasteiger partial charge >= 0.3 is 0 Å². The molecule has 2 aromatic rings. The van der Waals surface area contributed by atoms with Gasteiger partial charge in [0.05, 0.1) is 5.69 Å². The Hall–Kier alpha value is -1.13. The fraction of sp³-hybridized carbons (Fsp3) is 0.167. The Labute approximate surface area is 130 Å². The molecule has 0 saturated heterocycles. The summed E-state index contributed by atoms with van der Waals surface area (Å²) in [4.78, 5) is 3.02. The smallest absolute Gasteiger partial charge is 0.263 e. The lowest BCUT2D eigenvalue weighted by Gasteiger charge is -2.08. The van der Waals surface area contributed by atoms with E-state index in [9.17, 15) is 12.8 Å². The molecule has 0 aliphatic carbocycles. The molecule has 3 N–H and O–H groups in total.